The van der Waals surface area contributed by atoms with Gasteiger partial charge in [0.1, 0.15) is 5.75 Å². The van der Waals surface area contributed by atoms with Crippen LogP contribution in [-0.4, -0.2) is 26.7 Å². The number of hydrogen-bond donors (Lipinski definition) is 1. The van der Waals surface area contributed by atoms with Crippen LogP contribution in [0.1, 0.15) is 5.56 Å². The van der Waals surface area contributed by atoms with Gasteiger partial charge in [0.05, 0.1) is 26.7 Å². The minimum absolute atomic E-state index is 0.119. The first-order chi connectivity index (χ1) is 11.7. The van der Waals surface area contributed by atoms with Crippen molar-refractivity contribution >= 4 is 11.6 Å². The molecule has 2 rings (SSSR count). The molecule has 0 fully saturated rings. The van der Waals surface area contributed by atoms with E-state index in [4.69, 9.17) is 19.5 Å². The molecule has 6 heteroatoms. The fourth-order valence-corrected chi connectivity index (χ4v) is 2.05. The molecule has 0 aliphatic carbocycles. The second-order valence-electron chi connectivity index (χ2n) is 4.89. The highest BCUT2D eigenvalue weighted by Crippen LogP contribution is 2.29. The number of methoxy groups -OCH3 is 2. The first-order valence-corrected chi connectivity index (χ1v) is 7.27. The first-order valence-electron chi connectivity index (χ1n) is 7.27. The van der Waals surface area contributed by atoms with E-state index in [2.05, 4.69) is 11.4 Å². The number of nitriles is 1. The second kappa shape index (κ2) is 8.44. The molecule has 0 radical (unpaired) electrons. The van der Waals surface area contributed by atoms with Crippen LogP contribution >= 0.6 is 0 Å². The van der Waals surface area contributed by atoms with E-state index >= 15 is 0 Å². The number of carbonyl (C=O) groups excluding carboxylic acids is 1. The van der Waals surface area contributed by atoms with Gasteiger partial charge < -0.3 is 19.5 Å². The predicted octanol–water partition coefficient (Wildman–Crippen LogP) is 2.79. The number of carbonyl (C=O) groups is 1. The normalized spacial score (nSPS) is 9.71. The molecular weight excluding hydrogens is 308 g/mol. The summed E-state index contributed by atoms with van der Waals surface area (Å²) in [5.41, 5.74) is 1.49. The molecule has 24 heavy (non-hydrogen) atoms. The Balaban J connectivity index is 1.90. The summed E-state index contributed by atoms with van der Waals surface area (Å²) in [6, 6.07) is 14.2. The molecule has 2 aromatic rings. The Kier molecular flexibility index (Phi) is 6.03. The minimum Gasteiger partial charge on any atom is -0.493 e. The predicted molar refractivity (Wildman–Crippen MR) is 89.4 cm³/mol. The van der Waals surface area contributed by atoms with Crippen LogP contribution in [0, 0.1) is 11.3 Å². The highest BCUT2D eigenvalue weighted by Gasteiger charge is 2.08. The monoisotopic (exact) mass is 326 g/mol. The Labute approximate surface area is 140 Å². The Morgan fingerprint density at radius 1 is 1.08 bits per heavy atom. The number of anilines is 1. The van der Waals surface area contributed by atoms with E-state index < -0.39 is 0 Å². The van der Waals surface area contributed by atoms with Crippen LogP contribution in [0.25, 0.3) is 0 Å². The van der Waals surface area contributed by atoms with Gasteiger partial charge in [-0.3, -0.25) is 4.79 Å². The lowest BCUT2D eigenvalue weighted by Gasteiger charge is -2.11. The topological polar surface area (TPSA) is 80.6 Å². The Morgan fingerprint density at radius 2 is 1.79 bits per heavy atom. The van der Waals surface area contributed by atoms with Gasteiger partial charge in [0.15, 0.2) is 18.1 Å². The highest BCUT2D eigenvalue weighted by atomic mass is 16.5. The summed E-state index contributed by atoms with van der Waals surface area (Å²) < 4.78 is 15.8. The zero-order chi connectivity index (χ0) is 17.4. The van der Waals surface area contributed by atoms with Crippen molar-refractivity contribution in [1.29, 1.82) is 5.26 Å². The maximum atomic E-state index is 12.0. The van der Waals surface area contributed by atoms with E-state index in [1.165, 1.54) is 7.11 Å². The molecule has 124 valence electrons. The zero-order valence-electron chi connectivity index (χ0n) is 13.5. The largest absolute Gasteiger partial charge is 0.493 e. The van der Waals surface area contributed by atoms with Crippen molar-refractivity contribution in [2.75, 3.05) is 26.1 Å². The van der Waals surface area contributed by atoms with E-state index in [9.17, 15) is 4.79 Å². The molecule has 1 amide bonds. The van der Waals surface area contributed by atoms with Crippen molar-refractivity contribution in [3.8, 4) is 23.3 Å². The van der Waals surface area contributed by atoms with Crippen molar-refractivity contribution in [2.45, 2.75) is 6.42 Å². The summed E-state index contributed by atoms with van der Waals surface area (Å²) in [5, 5.41) is 11.4. The third kappa shape index (κ3) is 4.65. The number of benzene rings is 2. The van der Waals surface area contributed by atoms with Crippen LogP contribution in [0.3, 0.4) is 0 Å². The van der Waals surface area contributed by atoms with Crippen LogP contribution in [0.5, 0.6) is 17.2 Å². The molecule has 0 spiro atoms. The number of hydrogen-bond acceptors (Lipinski definition) is 5. The van der Waals surface area contributed by atoms with Gasteiger partial charge in [0, 0.05) is 11.8 Å². The quantitative estimate of drug-likeness (QED) is 0.846. The Hall–Kier alpha value is -3.20. The molecule has 0 atom stereocenters. The minimum atomic E-state index is -0.289. The van der Waals surface area contributed by atoms with Crippen LogP contribution in [0.4, 0.5) is 5.69 Å². The van der Waals surface area contributed by atoms with Crippen molar-refractivity contribution in [3.05, 3.63) is 48.0 Å². The van der Waals surface area contributed by atoms with Gasteiger partial charge in [-0.05, 0) is 29.8 Å². The van der Waals surface area contributed by atoms with Crippen molar-refractivity contribution in [2.24, 2.45) is 0 Å². The first kappa shape index (κ1) is 17.2. The molecular formula is C18H18N2O4. The summed E-state index contributed by atoms with van der Waals surface area (Å²) in [6.07, 6.45) is 0.347. The summed E-state index contributed by atoms with van der Waals surface area (Å²) >= 11 is 0. The SMILES string of the molecule is COc1ccc(NC(=O)COc2ccc(CC#N)cc2)cc1OC. The van der Waals surface area contributed by atoms with Crippen molar-refractivity contribution < 1.29 is 19.0 Å². The number of amides is 1. The van der Waals surface area contributed by atoms with Gasteiger partial charge in [-0.2, -0.15) is 5.26 Å². The Bertz CT molecular complexity index is 736. The van der Waals surface area contributed by atoms with Crippen molar-refractivity contribution in [3.63, 3.8) is 0 Å². The molecule has 0 saturated carbocycles. The van der Waals surface area contributed by atoms with Gasteiger partial charge >= 0.3 is 0 Å². The van der Waals surface area contributed by atoms with Crippen LogP contribution in [0.15, 0.2) is 42.5 Å². The summed E-state index contributed by atoms with van der Waals surface area (Å²) in [4.78, 5) is 12.0. The lowest BCUT2D eigenvalue weighted by atomic mass is 10.2. The van der Waals surface area contributed by atoms with E-state index in [1.54, 1.807) is 49.6 Å². The maximum Gasteiger partial charge on any atom is 0.262 e. The van der Waals surface area contributed by atoms with Gasteiger partial charge in [-0.1, -0.05) is 12.1 Å². The molecule has 0 aliphatic rings. The molecule has 0 aliphatic heterocycles. The average Bonchev–Trinajstić information content (AvgIpc) is 2.61. The van der Waals surface area contributed by atoms with Crippen LogP contribution in [0.2, 0.25) is 0 Å². The van der Waals surface area contributed by atoms with Gasteiger partial charge in [0.25, 0.3) is 5.91 Å². The molecule has 0 heterocycles. The highest BCUT2D eigenvalue weighted by molar-refractivity contribution is 5.92. The lowest BCUT2D eigenvalue weighted by molar-refractivity contribution is -0.118. The molecule has 0 saturated heterocycles. The molecule has 6 nitrogen and oxygen atoms in total. The summed E-state index contributed by atoms with van der Waals surface area (Å²) in [7, 11) is 3.08. The molecule has 0 aromatic heterocycles. The third-order valence-electron chi connectivity index (χ3n) is 3.24. The lowest BCUT2D eigenvalue weighted by Crippen LogP contribution is -2.20. The third-order valence-corrected chi connectivity index (χ3v) is 3.24. The van der Waals surface area contributed by atoms with E-state index in [0.29, 0.717) is 29.4 Å². The van der Waals surface area contributed by atoms with E-state index in [-0.39, 0.29) is 12.5 Å². The van der Waals surface area contributed by atoms with Crippen LogP contribution < -0.4 is 19.5 Å². The van der Waals surface area contributed by atoms with Gasteiger partial charge in [-0.15, -0.1) is 0 Å². The molecule has 1 N–H and O–H groups in total. The van der Waals surface area contributed by atoms with Crippen LogP contribution in [-0.2, 0) is 11.2 Å². The Morgan fingerprint density at radius 3 is 2.42 bits per heavy atom. The number of nitrogens with zero attached hydrogens (tertiary/aromatic N) is 1. The van der Waals surface area contributed by atoms with Gasteiger partial charge in [0.2, 0.25) is 0 Å². The second-order valence-corrected chi connectivity index (χ2v) is 4.89. The smallest absolute Gasteiger partial charge is 0.262 e. The van der Waals surface area contributed by atoms with E-state index in [1.807, 2.05) is 0 Å². The maximum absolute atomic E-state index is 12.0. The number of nitrogens with one attached hydrogen (secondary N) is 1. The molecule has 0 bridgehead atoms. The standard InChI is InChI=1S/C18H18N2O4/c1-22-16-8-5-14(11-17(16)23-2)20-18(21)12-24-15-6-3-13(4-7-15)9-10-19/h3-8,11H,9,12H2,1-2H3,(H,20,21). The summed E-state index contributed by atoms with van der Waals surface area (Å²) in [6.45, 7) is -0.119. The fourth-order valence-electron chi connectivity index (χ4n) is 2.05. The van der Waals surface area contributed by atoms with E-state index in [0.717, 1.165) is 5.56 Å². The molecule has 2 aromatic carbocycles. The van der Waals surface area contributed by atoms with Crippen molar-refractivity contribution in [1.82, 2.24) is 0 Å². The number of ether oxygens (including phenoxy) is 3. The fraction of sp³-hybridized carbons (Fsp3) is 0.222. The zero-order valence-corrected chi connectivity index (χ0v) is 13.5. The molecule has 0 unspecified atom stereocenters. The number of rotatable bonds is 7. The van der Waals surface area contributed by atoms with Gasteiger partial charge in [-0.25, -0.2) is 0 Å². The summed E-state index contributed by atoms with van der Waals surface area (Å²) in [5.74, 6) is 1.40. The average molecular weight is 326 g/mol.